The highest BCUT2D eigenvalue weighted by Gasteiger charge is 2.22. The van der Waals surface area contributed by atoms with E-state index < -0.39 is 0 Å². The molecule has 1 aromatic carbocycles. The van der Waals surface area contributed by atoms with Gasteiger partial charge in [0, 0.05) is 24.2 Å². The highest BCUT2D eigenvalue weighted by Crippen LogP contribution is 2.29. The average molecular weight is 424 g/mol. The van der Waals surface area contributed by atoms with Crippen molar-refractivity contribution < 1.29 is 14.6 Å². The van der Waals surface area contributed by atoms with Crippen molar-refractivity contribution in [2.75, 3.05) is 13.7 Å². The molecule has 1 aliphatic rings. The van der Waals surface area contributed by atoms with Gasteiger partial charge in [-0.1, -0.05) is 23.7 Å². The number of piperidine rings is 1. The first-order chi connectivity index (χ1) is 11.6. The first-order valence-corrected chi connectivity index (χ1v) is 8.76. The zero-order valence-electron chi connectivity index (χ0n) is 14.6. The van der Waals surface area contributed by atoms with Gasteiger partial charge in [0.2, 0.25) is 0 Å². The Morgan fingerprint density at radius 1 is 1.42 bits per heavy atom. The maximum absolute atomic E-state index is 12.0. The monoisotopic (exact) mass is 422 g/mol. The van der Waals surface area contributed by atoms with Gasteiger partial charge < -0.3 is 19.7 Å². The molecule has 3 rings (SSSR count). The summed E-state index contributed by atoms with van der Waals surface area (Å²) in [6.07, 6.45) is 5.21. The molecule has 2 atom stereocenters. The number of ether oxygens (including phenoxy) is 1. The third-order valence-electron chi connectivity index (χ3n) is 4.72. The minimum Gasteiger partial charge on any atom is -0.465 e. The Morgan fingerprint density at radius 2 is 2.19 bits per heavy atom. The number of carbonyl (C=O) groups is 1. The molecule has 0 radical (unpaired) electrons. The quantitative estimate of drug-likeness (QED) is 0.718. The standard InChI is InChI=1S/C18H23ClN2O3.2ClH/c1-24-18(23)13-11-21(17-12(13)5-2-6-14(17)19)10-4-7-15-16(22)8-3-9-20-15;;/h2,5-6,11,15-16,20,22H,3-4,7-10H2,1H3;2*1H/t15-,16+;;/m1../s1. The number of aromatic nitrogens is 1. The van der Waals surface area contributed by atoms with Crippen LogP contribution in [0.25, 0.3) is 10.9 Å². The van der Waals surface area contributed by atoms with Crippen LogP contribution in [0.2, 0.25) is 5.02 Å². The zero-order chi connectivity index (χ0) is 17.1. The lowest BCUT2D eigenvalue weighted by molar-refractivity contribution is 0.0602. The molecule has 26 heavy (non-hydrogen) atoms. The Labute approximate surface area is 170 Å². The molecule has 2 heterocycles. The van der Waals surface area contributed by atoms with Crippen LogP contribution < -0.4 is 5.32 Å². The fourth-order valence-electron chi connectivity index (χ4n) is 3.48. The van der Waals surface area contributed by atoms with Gasteiger partial charge in [-0.15, -0.1) is 24.8 Å². The molecular formula is C18H25Cl3N2O3. The number of para-hydroxylation sites is 1. The van der Waals surface area contributed by atoms with E-state index in [0.717, 1.165) is 49.7 Å². The van der Waals surface area contributed by atoms with Crippen molar-refractivity contribution >= 4 is 53.3 Å². The van der Waals surface area contributed by atoms with Gasteiger partial charge >= 0.3 is 5.97 Å². The molecule has 1 fully saturated rings. The molecule has 0 spiro atoms. The number of aliphatic hydroxyl groups is 1. The molecule has 1 aromatic heterocycles. The largest absolute Gasteiger partial charge is 0.465 e. The third-order valence-corrected chi connectivity index (χ3v) is 5.02. The Morgan fingerprint density at radius 3 is 2.88 bits per heavy atom. The number of benzene rings is 1. The number of halogens is 3. The molecule has 146 valence electrons. The van der Waals surface area contributed by atoms with E-state index in [-0.39, 0.29) is 42.9 Å². The molecule has 8 heteroatoms. The van der Waals surface area contributed by atoms with E-state index in [9.17, 15) is 9.90 Å². The molecule has 0 saturated carbocycles. The van der Waals surface area contributed by atoms with E-state index in [2.05, 4.69) is 5.32 Å². The molecule has 0 aliphatic carbocycles. The van der Waals surface area contributed by atoms with Crippen LogP contribution >= 0.6 is 36.4 Å². The smallest absolute Gasteiger partial charge is 0.340 e. The van der Waals surface area contributed by atoms with Crippen molar-refractivity contribution in [2.24, 2.45) is 0 Å². The molecule has 2 N–H and O–H groups in total. The molecule has 0 bridgehead atoms. The van der Waals surface area contributed by atoms with Crippen molar-refractivity contribution in [1.82, 2.24) is 9.88 Å². The lowest BCUT2D eigenvalue weighted by atomic mass is 9.97. The predicted molar refractivity (Wildman–Crippen MR) is 109 cm³/mol. The van der Waals surface area contributed by atoms with Crippen LogP contribution in [0.1, 0.15) is 36.0 Å². The first kappa shape index (κ1) is 23.1. The Balaban J connectivity index is 0.00000169. The topological polar surface area (TPSA) is 63.5 Å². The Bertz CT molecular complexity index is 736. The number of nitrogens with one attached hydrogen (secondary N) is 1. The number of aryl methyl sites for hydroxylation is 1. The fourth-order valence-corrected chi connectivity index (χ4v) is 3.76. The third kappa shape index (κ3) is 4.84. The summed E-state index contributed by atoms with van der Waals surface area (Å²) in [5.41, 5.74) is 1.39. The predicted octanol–water partition coefficient (Wildman–Crippen LogP) is 3.82. The van der Waals surface area contributed by atoms with Crippen molar-refractivity contribution in [3.05, 3.63) is 35.0 Å². The maximum atomic E-state index is 12.0. The SMILES string of the molecule is COC(=O)c1cn(CCC[C@H]2NCCC[C@@H]2O)c2c(Cl)cccc12.Cl.Cl. The Kier molecular flexibility index (Phi) is 9.21. The van der Waals surface area contributed by atoms with Gasteiger partial charge in [0.1, 0.15) is 0 Å². The lowest BCUT2D eigenvalue weighted by Crippen LogP contribution is -2.44. The molecule has 5 nitrogen and oxygen atoms in total. The minimum absolute atomic E-state index is 0. The number of methoxy groups -OCH3 is 1. The van der Waals surface area contributed by atoms with Crippen molar-refractivity contribution in [2.45, 2.75) is 44.4 Å². The highest BCUT2D eigenvalue weighted by molar-refractivity contribution is 6.35. The summed E-state index contributed by atoms with van der Waals surface area (Å²) >= 11 is 6.35. The van der Waals surface area contributed by atoms with E-state index in [0.29, 0.717) is 10.6 Å². The van der Waals surface area contributed by atoms with Crippen LogP contribution in [0.15, 0.2) is 24.4 Å². The van der Waals surface area contributed by atoms with E-state index >= 15 is 0 Å². The summed E-state index contributed by atoms with van der Waals surface area (Å²) in [6, 6.07) is 5.70. The second-order valence-electron chi connectivity index (χ2n) is 6.28. The highest BCUT2D eigenvalue weighted by atomic mass is 35.5. The van der Waals surface area contributed by atoms with E-state index in [1.807, 2.05) is 29.0 Å². The zero-order valence-corrected chi connectivity index (χ0v) is 17.0. The number of carbonyl (C=O) groups excluding carboxylic acids is 1. The summed E-state index contributed by atoms with van der Waals surface area (Å²) in [6.45, 7) is 1.70. The first-order valence-electron chi connectivity index (χ1n) is 8.39. The van der Waals surface area contributed by atoms with Gasteiger partial charge in [0.05, 0.1) is 29.3 Å². The van der Waals surface area contributed by atoms with E-state index in [1.165, 1.54) is 7.11 Å². The number of aliphatic hydroxyl groups excluding tert-OH is 1. The summed E-state index contributed by atoms with van der Waals surface area (Å²) in [7, 11) is 1.38. The molecule has 0 unspecified atom stereocenters. The van der Waals surface area contributed by atoms with Gasteiger partial charge in [-0.2, -0.15) is 0 Å². The van der Waals surface area contributed by atoms with Crippen LogP contribution in [0.4, 0.5) is 0 Å². The summed E-state index contributed by atoms with van der Waals surface area (Å²) in [5.74, 6) is -0.356. The van der Waals surface area contributed by atoms with Crippen LogP contribution in [0.3, 0.4) is 0 Å². The number of hydrogen-bond acceptors (Lipinski definition) is 4. The van der Waals surface area contributed by atoms with Crippen LogP contribution in [0, 0.1) is 0 Å². The normalized spacial score (nSPS) is 19.5. The van der Waals surface area contributed by atoms with Gasteiger partial charge in [-0.05, 0) is 38.3 Å². The second kappa shape index (κ2) is 10.4. The Hall–Kier alpha value is -0.980. The summed E-state index contributed by atoms with van der Waals surface area (Å²) in [4.78, 5) is 12.0. The number of fused-ring (bicyclic) bond motifs is 1. The van der Waals surface area contributed by atoms with E-state index in [1.54, 1.807) is 0 Å². The van der Waals surface area contributed by atoms with Crippen molar-refractivity contribution in [3.63, 3.8) is 0 Å². The van der Waals surface area contributed by atoms with Crippen LogP contribution in [-0.4, -0.2) is 41.4 Å². The van der Waals surface area contributed by atoms with Gasteiger partial charge in [-0.25, -0.2) is 4.79 Å². The van der Waals surface area contributed by atoms with Crippen LogP contribution in [-0.2, 0) is 11.3 Å². The van der Waals surface area contributed by atoms with Gasteiger partial charge in [-0.3, -0.25) is 0 Å². The molecule has 1 aliphatic heterocycles. The fraction of sp³-hybridized carbons (Fsp3) is 0.500. The summed E-state index contributed by atoms with van der Waals surface area (Å²) < 4.78 is 6.89. The van der Waals surface area contributed by atoms with Crippen molar-refractivity contribution in [1.29, 1.82) is 0 Å². The second-order valence-corrected chi connectivity index (χ2v) is 6.68. The molecule has 0 amide bonds. The molecule has 1 saturated heterocycles. The minimum atomic E-state index is -0.356. The number of nitrogens with zero attached hydrogens (tertiary/aromatic N) is 1. The van der Waals surface area contributed by atoms with Crippen LogP contribution in [0.5, 0.6) is 0 Å². The number of hydrogen-bond donors (Lipinski definition) is 2. The maximum Gasteiger partial charge on any atom is 0.340 e. The van der Waals surface area contributed by atoms with Gasteiger partial charge in [0.25, 0.3) is 0 Å². The average Bonchev–Trinajstić information content (AvgIpc) is 2.96. The molecular weight excluding hydrogens is 399 g/mol. The van der Waals surface area contributed by atoms with Gasteiger partial charge in [0.15, 0.2) is 0 Å². The molecule has 2 aromatic rings. The lowest BCUT2D eigenvalue weighted by Gasteiger charge is -2.29. The summed E-state index contributed by atoms with van der Waals surface area (Å²) in [5, 5.41) is 14.8. The number of rotatable bonds is 5. The van der Waals surface area contributed by atoms with Crippen molar-refractivity contribution in [3.8, 4) is 0 Å². The number of esters is 1. The van der Waals surface area contributed by atoms with E-state index in [4.69, 9.17) is 16.3 Å².